The molecule has 0 radical (unpaired) electrons. The van der Waals surface area contributed by atoms with Gasteiger partial charge in [-0.3, -0.25) is 9.59 Å². The number of epoxide rings is 2. The molecule has 0 spiro atoms. The van der Waals surface area contributed by atoms with Gasteiger partial charge in [0, 0.05) is 7.11 Å². The van der Waals surface area contributed by atoms with Crippen molar-refractivity contribution in [3.8, 4) is 0 Å². The molecule has 6 unspecified atom stereocenters. The number of fused-ring (bicyclic) bond motifs is 2. The highest BCUT2D eigenvalue weighted by Gasteiger charge is 2.47. The van der Waals surface area contributed by atoms with Crippen molar-refractivity contribution in [3.05, 3.63) is 0 Å². The SMILES string of the molecule is CCC(COC)(COC(=O)C1CCC2OC2C1)COC(=O)C1CCC2OC2C1. The van der Waals surface area contributed by atoms with Crippen molar-refractivity contribution in [2.24, 2.45) is 17.3 Å². The number of methoxy groups -OCH3 is 1. The Hall–Kier alpha value is -1.18. The van der Waals surface area contributed by atoms with Gasteiger partial charge in [0.05, 0.1) is 48.3 Å². The minimum Gasteiger partial charge on any atom is -0.465 e. The molecule has 4 rings (SSSR count). The largest absolute Gasteiger partial charge is 0.465 e. The molecule has 0 aromatic rings. The average molecular weight is 396 g/mol. The fourth-order valence-corrected chi connectivity index (χ4v) is 4.66. The molecular weight excluding hydrogens is 364 g/mol. The zero-order valence-electron chi connectivity index (χ0n) is 16.9. The van der Waals surface area contributed by atoms with Gasteiger partial charge < -0.3 is 23.7 Å². The molecule has 158 valence electrons. The van der Waals surface area contributed by atoms with Crippen molar-refractivity contribution in [1.82, 2.24) is 0 Å². The molecule has 2 saturated carbocycles. The predicted octanol–water partition coefficient (Wildman–Crippen LogP) is 2.25. The van der Waals surface area contributed by atoms with Gasteiger partial charge in [0.25, 0.3) is 0 Å². The van der Waals surface area contributed by atoms with Crippen LogP contribution in [0.25, 0.3) is 0 Å². The summed E-state index contributed by atoms with van der Waals surface area (Å²) in [6, 6.07) is 0. The highest BCUT2D eigenvalue weighted by molar-refractivity contribution is 5.73. The number of rotatable bonds is 9. The van der Waals surface area contributed by atoms with Crippen molar-refractivity contribution in [3.63, 3.8) is 0 Å². The number of hydrogen-bond donors (Lipinski definition) is 0. The summed E-state index contributed by atoms with van der Waals surface area (Å²) < 4.78 is 27.7. The molecule has 6 atom stereocenters. The number of hydrogen-bond acceptors (Lipinski definition) is 7. The van der Waals surface area contributed by atoms with Gasteiger partial charge in [0.1, 0.15) is 13.2 Å². The van der Waals surface area contributed by atoms with Gasteiger partial charge in [-0.15, -0.1) is 0 Å². The van der Waals surface area contributed by atoms with E-state index in [1.807, 2.05) is 6.92 Å². The summed E-state index contributed by atoms with van der Waals surface area (Å²) in [5.41, 5.74) is -0.513. The lowest BCUT2D eigenvalue weighted by Crippen LogP contribution is -2.40. The van der Waals surface area contributed by atoms with Gasteiger partial charge in [0.15, 0.2) is 0 Å². The van der Waals surface area contributed by atoms with E-state index in [9.17, 15) is 9.59 Å². The third-order valence-electron chi connectivity index (χ3n) is 6.92. The molecule has 0 N–H and O–H groups in total. The molecule has 0 amide bonds. The maximum absolute atomic E-state index is 12.5. The summed E-state index contributed by atoms with van der Waals surface area (Å²) in [6.07, 6.45) is 6.94. The highest BCUT2D eigenvalue weighted by Crippen LogP contribution is 2.41. The van der Waals surface area contributed by atoms with E-state index in [-0.39, 0.29) is 49.2 Å². The van der Waals surface area contributed by atoms with Gasteiger partial charge in [-0.25, -0.2) is 0 Å². The van der Waals surface area contributed by atoms with E-state index < -0.39 is 5.41 Å². The van der Waals surface area contributed by atoms with E-state index in [2.05, 4.69) is 0 Å². The number of ether oxygens (including phenoxy) is 5. The minimum absolute atomic E-state index is 0.0860. The van der Waals surface area contributed by atoms with Crippen LogP contribution in [0.3, 0.4) is 0 Å². The second kappa shape index (κ2) is 8.28. The second-order valence-electron chi connectivity index (χ2n) is 8.95. The van der Waals surface area contributed by atoms with Crippen molar-refractivity contribution < 1.29 is 33.3 Å². The van der Waals surface area contributed by atoms with Crippen LogP contribution in [-0.4, -0.2) is 63.3 Å². The molecule has 2 heterocycles. The third-order valence-corrected chi connectivity index (χ3v) is 6.92. The van der Waals surface area contributed by atoms with E-state index in [1.165, 1.54) is 0 Å². The lowest BCUT2D eigenvalue weighted by molar-refractivity contribution is -0.163. The van der Waals surface area contributed by atoms with E-state index >= 15 is 0 Å². The first-order chi connectivity index (χ1) is 13.5. The molecule has 2 aliphatic heterocycles. The molecule has 7 heteroatoms. The summed E-state index contributed by atoms with van der Waals surface area (Å²) in [4.78, 5) is 25.0. The lowest BCUT2D eigenvalue weighted by Gasteiger charge is -2.32. The zero-order chi connectivity index (χ0) is 19.7. The molecule has 4 aliphatic rings. The van der Waals surface area contributed by atoms with Crippen LogP contribution in [0.5, 0.6) is 0 Å². The highest BCUT2D eigenvalue weighted by atomic mass is 16.6. The Morgan fingerprint density at radius 1 is 0.821 bits per heavy atom. The Morgan fingerprint density at radius 3 is 1.71 bits per heavy atom. The first kappa shape index (κ1) is 20.1. The summed E-state index contributed by atoms with van der Waals surface area (Å²) in [5, 5.41) is 0. The minimum atomic E-state index is -0.513. The van der Waals surface area contributed by atoms with Gasteiger partial charge >= 0.3 is 11.9 Å². The third kappa shape index (κ3) is 4.52. The number of esters is 2. The van der Waals surface area contributed by atoms with Crippen LogP contribution in [0.15, 0.2) is 0 Å². The first-order valence-corrected chi connectivity index (χ1v) is 10.7. The normalized spacial score (nSPS) is 37.8. The topological polar surface area (TPSA) is 86.9 Å². The zero-order valence-corrected chi connectivity index (χ0v) is 16.9. The number of carbonyl (C=O) groups is 2. The number of carbonyl (C=O) groups excluding carboxylic acids is 2. The molecule has 7 nitrogen and oxygen atoms in total. The van der Waals surface area contributed by atoms with E-state index in [4.69, 9.17) is 23.7 Å². The van der Waals surface area contributed by atoms with Crippen LogP contribution in [-0.2, 0) is 33.3 Å². The quantitative estimate of drug-likeness (QED) is 0.436. The van der Waals surface area contributed by atoms with Crippen LogP contribution in [0.2, 0.25) is 0 Å². The molecular formula is C21H32O7. The maximum Gasteiger partial charge on any atom is 0.309 e. The molecule has 0 aromatic carbocycles. The first-order valence-electron chi connectivity index (χ1n) is 10.7. The molecule has 2 aliphatic carbocycles. The summed E-state index contributed by atoms with van der Waals surface area (Å²) in [6.45, 7) is 2.79. The Morgan fingerprint density at radius 2 is 1.32 bits per heavy atom. The van der Waals surface area contributed by atoms with Gasteiger partial charge in [-0.05, 0) is 44.9 Å². The van der Waals surface area contributed by atoms with Crippen molar-refractivity contribution in [2.75, 3.05) is 26.9 Å². The fraction of sp³-hybridized carbons (Fsp3) is 0.905. The Bertz CT molecular complexity index is 547. The summed E-state index contributed by atoms with van der Waals surface area (Å²) in [5.74, 6) is -0.508. The molecule has 0 bridgehead atoms. The average Bonchev–Trinajstić information content (AvgIpc) is 3.62. The predicted molar refractivity (Wildman–Crippen MR) is 98.5 cm³/mol. The molecule has 0 aromatic heterocycles. The van der Waals surface area contributed by atoms with Crippen LogP contribution in [0.4, 0.5) is 0 Å². The van der Waals surface area contributed by atoms with Gasteiger partial charge in [0.2, 0.25) is 0 Å². The van der Waals surface area contributed by atoms with E-state index in [1.54, 1.807) is 7.11 Å². The standard InChI is InChI=1S/C21H32O7/c1-3-21(10-24-2,11-25-19(22)13-4-6-15-17(8-13)27-15)12-26-20(23)14-5-7-16-18(9-14)28-16/h13-18H,3-12H2,1-2H3. The van der Waals surface area contributed by atoms with Crippen LogP contribution < -0.4 is 0 Å². The monoisotopic (exact) mass is 396 g/mol. The maximum atomic E-state index is 12.5. The van der Waals surface area contributed by atoms with Crippen LogP contribution >= 0.6 is 0 Å². The summed E-state index contributed by atoms with van der Waals surface area (Å²) in [7, 11) is 1.62. The smallest absolute Gasteiger partial charge is 0.309 e. The Kier molecular flexibility index (Phi) is 5.95. The molecule has 2 saturated heterocycles. The lowest BCUT2D eigenvalue weighted by atomic mass is 9.86. The van der Waals surface area contributed by atoms with Crippen molar-refractivity contribution >= 4 is 11.9 Å². The van der Waals surface area contributed by atoms with Gasteiger partial charge in [-0.2, -0.15) is 0 Å². The Balaban J connectivity index is 1.27. The molecule has 28 heavy (non-hydrogen) atoms. The van der Waals surface area contributed by atoms with Crippen molar-refractivity contribution in [1.29, 1.82) is 0 Å². The van der Waals surface area contributed by atoms with Crippen LogP contribution in [0, 0.1) is 17.3 Å². The Labute approximate surface area is 166 Å². The molecule has 4 fully saturated rings. The summed E-state index contributed by atoms with van der Waals surface area (Å²) >= 11 is 0. The second-order valence-corrected chi connectivity index (χ2v) is 8.95. The van der Waals surface area contributed by atoms with E-state index in [0.29, 0.717) is 25.2 Å². The van der Waals surface area contributed by atoms with Crippen molar-refractivity contribution in [2.45, 2.75) is 76.3 Å². The van der Waals surface area contributed by atoms with E-state index in [0.717, 1.165) is 38.5 Å². The fourth-order valence-electron chi connectivity index (χ4n) is 4.66. The van der Waals surface area contributed by atoms with Gasteiger partial charge in [-0.1, -0.05) is 6.92 Å². The van der Waals surface area contributed by atoms with Crippen LogP contribution in [0.1, 0.15) is 51.9 Å².